The molecule has 27 heavy (non-hydrogen) atoms. The van der Waals surface area contributed by atoms with E-state index in [1.54, 1.807) is 22.9 Å². The maximum atomic E-state index is 13.2. The number of nitrogens with one attached hydrogen (secondary N) is 2. The molecule has 5 nitrogen and oxygen atoms in total. The number of aromatic nitrogens is 1. The molecule has 10 heteroatoms. The average molecular weight is 439 g/mol. The number of amides is 1. The van der Waals surface area contributed by atoms with Gasteiger partial charge in [-0.15, -0.1) is 36.2 Å². The number of benzene rings is 1. The van der Waals surface area contributed by atoms with Gasteiger partial charge in [-0.05, 0) is 24.7 Å². The van der Waals surface area contributed by atoms with Crippen LogP contribution in [-0.4, -0.2) is 41.3 Å². The van der Waals surface area contributed by atoms with Gasteiger partial charge < -0.3 is 5.32 Å². The van der Waals surface area contributed by atoms with Crippen molar-refractivity contribution in [1.82, 2.24) is 15.2 Å². The van der Waals surface area contributed by atoms with Gasteiger partial charge >= 0.3 is 0 Å². The lowest BCUT2D eigenvalue weighted by atomic mass is 10.1. The van der Waals surface area contributed by atoms with Gasteiger partial charge in [0.1, 0.15) is 0 Å². The van der Waals surface area contributed by atoms with Crippen LogP contribution in [0.5, 0.6) is 0 Å². The second kappa shape index (κ2) is 10.3. The zero-order valence-corrected chi connectivity index (χ0v) is 17.1. The van der Waals surface area contributed by atoms with E-state index in [-0.39, 0.29) is 24.8 Å². The predicted molar refractivity (Wildman–Crippen MR) is 108 cm³/mol. The van der Waals surface area contributed by atoms with E-state index in [1.165, 1.54) is 0 Å². The molecule has 1 saturated heterocycles. The quantitative estimate of drug-likeness (QED) is 0.723. The third-order valence-electron chi connectivity index (χ3n) is 3.99. The fraction of sp³-hybridized carbons (Fsp3) is 0.412. The van der Waals surface area contributed by atoms with Crippen molar-refractivity contribution in [2.75, 3.05) is 18.9 Å². The highest BCUT2D eigenvalue weighted by Crippen LogP contribution is 2.26. The molecular weight excluding hydrogens is 417 g/mol. The zero-order valence-electron chi connectivity index (χ0n) is 14.7. The van der Waals surface area contributed by atoms with Crippen LogP contribution in [0, 0.1) is 0 Å². The van der Waals surface area contributed by atoms with E-state index >= 15 is 0 Å². The van der Waals surface area contributed by atoms with E-state index in [2.05, 4.69) is 20.5 Å². The summed E-state index contributed by atoms with van der Waals surface area (Å²) in [7, 11) is 2.00. The minimum absolute atomic E-state index is 0. The maximum Gasteiger partial charge on any atom is 0.262 e. The van der Waals surface area contributed by atoms with E-state index in [0.717, 1.165) is 17.8 Å². The Morgan fingerprint density at radius 3 is 2.81 bits per heavy atom. The Hall–Kier alpha value is -1.32. The summed E-state index contributed by atoms with van der Waals surface area (Å²) in [6.45, 7) is 0.981. The van der Waals surface area contributed by atoms with Crippen LogP contribution in [0.4, 0.5) is 14.5 Å². The fourth-order valence-electron chi connectivity index (χ4n) is 2.84. The molecule has 2 aromatic rings. The van der Waals surface area contributed by atoms with Crippen molar-refractivity contribution in [3.05, 3.63) is 46.4 Å². The largest absolute Gasteiger partial charge is 0.325 e. The number of halogens is 4. The highest BCUT2D eigenvalue weighted by molar-refractivity contribution is 7.07. The molecule has 0 radical (unpaired) electrons. The van der Waals surface area contributed by atoms with Crippen LogP contribution in [0.15, 0.2) is 35.2 Å². The van der Waals surface area contributed by atoms with Gasteiger partial charge in [0.15, 0.2) is 0 Å². The van der Waals surface area contributed by atoms with Gasteiger partial charge in [-0.1, -0.05) is 12.1 Å². The van der Waals surface area contributed by atoms with Crippen molar-refractivity contribution in [2.45, 2.75) is 31.5 Å². The van der Waals surface area contributed by atoms with Gasteiger partial charge in [-0.25, -0.2) is 13.8 Å². The topological polar surface area (TPSA) is 57.3 Å². The molecule has 1 aliphatic heterocycles. The molecule has 0 aliphatic carbocycles. The first-order chi connectivity index (χ1) is 11.9. The average Bonchev–Trinajstić information content (AvgIpc) is 3.16. The minimum Gasteiger partial charge on any atom is -0.325 e. The number of alkyl halides is 2. The van der Waals surface area contributed by atoms with Crippen molar-refractivity contribution in [3.8, 4) is 0 Å². The van der Waals surface area contributed by atoms with Gasteiger partial charge in [0.25, 0.3) is 5.92 Å². The molecule has 0 saturated carbocycles. The minimum atomic E-state index is -2.82. The van der Waals surface area contributed by atoms with E-state index in [0.29, 0.717) is 12.2 Å². The predicted octanol–water partition coefficient (Wildman–Crippen LogP) is 3.55. The number of hydrogen-bond donors (Lipinski definition) is 2. The summed E-state index contributed by atoms with van der Waals surface area (Å²) < 4.78 is 26.4. The number of hydrogen-bond acceptors (Lipinski definition) is 5. The highest BCUT2D eigenvalue weighted by Gasteiger charge is 2.42. The Balaban J connectivity index is 0.00000182. The molecule has 2 heterocycles. The van der Waals surface area contributed by atoms with Crippen LogP contribution >= 0.6 is 36.2 Å². The fourth-order valence-corrected chi connectivity index (χ4v) is 3.39. The van der Waals surface area contributed by atoms with Gasteiger partial charge in [-0.3, -0.25) is 15.0 Å². The monoisotopic (exact) mass is 438 g/mol. The van der Waals surface area contributed by atoms with Crippen molar-refractivity contribution >= 4 is 47.7 Å². The number of anilines is 1. The van der Waals surface area contributed by atoms with Crippen molar-refractivity contribution in [1.29, 1.82) is 0 Å². The summed E-state index contributed by atoms with van der Waals surface area (Å²) in [6, 6.07) is 6.58. The zero-order chi connectivity index (χ0) is 17.9. The van der Waals surface area contributed by atoms with Crippen LogP contribution in [0.3, 0.4) is 0 Å². The first-order valence-corrected chi connectivity index (χ1v) is 8.92. The standard InChI is InChI=1S/C17H20F2N4OS.2ClH/c1-23(8-14-9-25-11-21-14)7-12-3-2-4-13(5-12)22-16(24)15-6-17(18,19)10-20-15;;/h2-5,9,11,15,20H,6-8,10H2,1H3,(H,22,24);2*1H. The molecule has 1 aromatic carbocycles. The lowest BCUT2D eigenvalue weighted by molar-refractivity contribution is -0.118. The molecule has 2 N–H and O–H groups in total. The Kier molecular flexibility index (Phi) is 9.04. The molecule has 0 spiro atoms. The summed E-state index contributed by atoms with van der Waals surface area (Å²) in [5.41, 5.74) is 4.46. The molecule has 1 aliphatic rings. The maximum absolute atomic E-state index is 13.2. The molecule has 1 fully saturated rings. The molecule has 1 unspecified atom stereocenters. The lowest BCUT2D eigenvalue weighted by Crippen LogP contribution is -2.35. The van der Waals surface area contributed by atoms with Gasteiger partial charge in [0.05, 0.1) is 23.8 Å². The molecule has 150 valence electrons. The Morgan fingerprint density at radius 1 is 1.41 bits per heavy atom. The third kappa shape index (κ3) is 6.97. The Morgan fingerprint density at radius 2 is 2.19 bits per heavy atom. The third-order valence-corrected chi connectivity index (χ3v) is 4.62. The molecule has 3 rings (SSSR count). The highest BCUT2D eigenvalue weighted by atomic mass is 35.5. The summed E-state index contributed by atoms with van der Waals surface area (Å²) in [5, 5.41) is 7.29. The van der Waals surface area contributed by atoms with Gasteiger partial charge in [0, 0.05) is 30.6 Å². The van der Waals surface area contributed by atoms with Crippen molar-refractivity contribution in [2.24, 2.45) is 0 Å². The van der Waals surface area contributed by atoms with Crippen molar-refractivity contribution in [3.63, 3.8) is 0 Å². The Labute approximate surface area is 173 Å². The van der Waals surface area contributed by atoms with Crippen LogP contribution in [-0.2, 0) is 17.9 Å². The van der Waals surface area contributed by atoms with Crippen LogP contribution in [0.2, 0.25) is 0 Å². The van der Waals surface area contributed by atoms with Crippen molar-refractivity contribution < 1.29 is 13.6 Å². The smallest absolute Gasteiger partial charge is 0.262 e. The number of carbonyl (C=O) groups is 1. The first kappa shape index (κ1) is 23.7. The van der Waals surface area contributed by atoms with Crippen LogP contribution in [0.25, 0.3) is 0 Å². The van der Waals surface area contributed by atoms with E-state index in [4.69, 9.17) is 0 Å². The normalized spacial score (nSPS) is 17.9. The SMILES string of the molecule is CN(Cc1cccc(NC(=O)C2CC(F)(F)CN2)c1)Cc1cscn1.Cl.Cl. The molecule has 1 aromatic heterocycles. The van der Waals surface area contributed by atoms with E-state index in [1.807, 2.05) is 30.6 Å². The second-order valence-electron chi connectivity index (χ2n) is 6.34. The number of carbonyl (C=O) groups excluding carboxylic acids is 1. The van der Waals surface area contributed by atoms with Gasteiger partial charge in [-0.2, -0.15) is 0 Å². The number of thiazole rings is 1. The summed E-state index contributed by atoms with van der Waals surface area (Å²) in [5.74, 6) is -3.24. The second-order valence-corrected chi connectivity index (χ2v) is 7.05. The number of nitrogens with zero attached hydrogens (tertiary/aromatic N) is 2. The first-order valence-electron chi connectivity index (χ1n) is 7.98. The molecule has 1 atom stereocenters. The molecule has 0 bridgehead atoms. The van der Waals surface area contributed by atoms with Gasteiger partial charge in [0.2, 0.25) is 5.91 Å². The molecule has 1 amide bonds. The number of rotatable bonds is 6. The van der Waals surface area contributed by atoms with Crippen LogP contribution < -0.4 is 10.6 Å². The lowest BCUT2D eigenvalue weighted by Gasteiger charge is -2.16. The summed E-state index contributed by atoms with van der Waals surface area (Å²) in [6.07, 6.45) is -0.463. The Bertz CT molecular complexity index is 733. The van der Waals surface area contributed by atoms with E-state index in [9.17, 15) is 13.6 Å². The summed E-state index contributed by atoms with van der Waals surface area (Å²) >= 11 is 1.56. The van der Waals surface area contributed by atoms with Crippen LogP contribution in [0.1, 0.15) is 17.7 Å². The summed E-state index contributed by atoms with van der Waals surface area (Å²) in [4.78, 5) is 18.5. The molecular formula is C17H22Cl2F2N4OS. The van der Waals surface area contributed by atoms with E-state index < -0.39 is 30.8 Å².